The highest BCUT2D eigenvalue weighted by Gasteiger charge is 2.29. The Kier molecular flexibility index (Phi) is 7.45. The average Bonchev–Trinajstić information content (AvgIpc) is 3.46. The fraction of sp³-hybridized carbons (Fsp3) is 0.308. The number of amides is 2. The number of ether oxygens (including phenoxy) is 1. The van der Waals surface area contributed by atoms with Gasteiger partial charge < -0.3 is 24.6 Å². The van der Waals surface area contributed by atoms with Crippen molar-refractivity contribution >= 4 is 18.0 Å². The molecular formula is C26H27N3O6. The lowest BCUT2D eigenvalue weighted by molar-refractivity contribution is -0.137. The first-order chi connectivity index (χ1) is 17.0. The molecular weight excluding hydrogens is 450 g/mol. The predicted octanol–water partition coefficient (Wildman–Crippen LogP) is 4.04. The van der Waals surface area contributed by atoms with Crippen LogP contribution in [0.25, 0.3) is 11.1 Å². The van der Waals surface area contributed by atoms with Crippen molar-refractivity contribution in [3.8, 4) is 11.1 Å². The van der Waals surface area contributed by atoms with Crippen molar-refractivity contribution in [2.45, 2.75) is 32.2 Å². The van der Waals surface area contributed by atoms with Crippen LogP contribution < -0.4 is 5.32 Å². The Bertz CT molecular complexity index is 1180. The number of nitrogens with zero attached hydrogens (tertiary/aromatic N) is 2. The summed E-state index contributed by atoms with van der Waals surface area (Å²) in [6.45, 7) is 2.65. The molecule has 1 aliphatic rings. The molecule has 9 nitrogen and oxygen atoms in total. The van der Waals surface area contributed by atoms with Crippen LogP contribution in [0.2, 0.25) is 0 Å². The highest BCUT2D eigenvalue weighted by molar-refractivity contribution is 5.95. The van der Waals surface area contributed by atoms with Crippen LogP contribution in [0.4, 0.5) is 4.79 Å². The number of aromatic nitrogens is 1. The van der Waals surface area contributed by atoms with E-state index < -0.39 is 12.1 Å². The number of rotatable bonds is 10. The van der Waals surface area contributed by atoms with Crippen LogP contribution in [0.5, 0.6) is 0 Å². The van der Waals surface area contributed by atoms with E-state index in [9.17, 15) is 14.4 Å². The predicted molar refractivity (Wildman–Crippen MR) is 127 cm³/mol. The van der Waals surface area contributed by atoms with E-state index in [-0.39, 0.29) is 42.7 Å². The molecule has 0 radical (unpaired) electrons. The van der Waals surface area contributed by atoms with Crippen molar-refractivity contribution in [1.82, 2.24) is 15.4 Å². The van der Waals surface area contributed by atoms with Crippen molar-refractivity contribution in [3.05, 3.63) is 77.2 Å². The average molecular weight is 478 g/mol. The molecule has 0 spiro atoms. The lowest BCUT2D eigenvalue weighted by atomic mass is 9.98. The first-order valence-electron chi connectivity index (χ1n) is 11.5. The van der Waals surface area contributed by atoms with Crippen molar-refractivity contribution in [2.75, 3.05) is 19.7 Å². The fourth-order valence-electron chi connectivity index (χ4n) is 4.36. The number of carboxylic acids is 1. The van der Waals surface area contributed by atoms with Crippen molar-refractivity contribution in [2.24, 2.45) is 0 Å². The van der Waals surface area contributed by atoms with Crippen molar-refractivity contribution in [1.29, 1.82) is 0 Å². The van der Waals surface area contributed by atoms with E-state index in [4.69, 9.17) is 14.4 Å². The number of aliphatic carboxylic acids is 1. The molecule has 0 fully saturated rings. The first kappa shape index (κ1) is 24.0. The smallest absolute Gasteiger partial charge is 0.407 e. The fourth-order valence-corrected chi connectivity index (χ4v) is 4.36. The number of carboxylic acid groups (broad SMARTS) is 1. The number of carbonyl (C=O) groups is 3. The number of benzene rings is 2. The van der Waals surface area contributed by atoms with Crippen LogP contribution >= 0.6 is 0 Å². The molecule has 2 aromatic carbocycles. The van der Waals surface area contributed by atoms with Crippen LogP contribution in [-0.4, -0.2) is 52.8 Å². The van der Waals surface area contributed by atoms with Gasteiger partial charge in [0.05, 0.1) is 6.54 Å². The summed E-state index contributed by atoms with van der Waals surface area (Å²) in [5.41, 5.74) is 5.03. The van der Waals surface area contributed by atoms with E-state index in [2.05, 4.69) is 22.6 Å². The van der Waals surface area contributed by atoms with Gasteiger partial charge in [0.2, 0.25) is 0 Å². The molecule has 1 aromatic heterocycles. The molecule has 1 heterocycles. The molecule has 3 aromatic rings. The maximum atomic E-state index is 12.8. The van der Waals surface area contributed by atoms with Gasteiger partial charge in [-0.15, -0.1) is 0 Å². The van der Waals surface area contributed by atoms with Crippen LogP contribution in [0.15, 0.2) is 59.3 Å². The highest BCUT2D eigenvalue weighted by atomic mass is 16.5. The van der Waals surface area contributed by atoms with Gasteiger partial charge in [-0.1, -0.05) is 53.7 Å². The molecule has 1 aliphatic carbocycles. The topological polar surface area (TPSA) is 122 Å². The number of carbonyl (C=O) groups excluding carboxylic acids is 2. The van der Waals surface area contributed by atoms with Gasteiger partial charge >= 0.3 is 12.1 Å². The molecule has 35 heavy (non-hydrogen) atoms. The third-order valence-electron chi connectivity index (χ3n) is 6.11. The van der Waals surface area contributed by atoms with Crippen molar-refractivity contribution < 1.29 is 28.8 Å². The molecule has 0 atom stereocenters. The monoisotopic (exact) mass is 477 g/mol. The second kappa shape index (κ2) is 10.9. The maximum Gasteiger partial charge on any atom is 0.407 e. The zero-order valence-corrected chi connectivity index (χ0v) is 19.4. The molecule has 0 saturated heterocycles. The van der Waals surface area contributed by atoms with E-state index in [1.807, 2.05) is 36.4 Å². The normalized spacial score (nSPS) is 12.0. The van der Waals surface area contributed by atoms with Gasteiger partial charge in [0, 0.05) is 25.4 Å². The third kappa shape index (κ3) is 5.34. The lowest BCUT2D eigenvalue weighted by Gasteiger charge is -2.20. The summed E-state index contributed by atoms with van der Waals surface area (Å²) in [4.78, 5) is 37.6. The zero-order chi connectivity index (χ0) is 24.8. The van der Waals surface area contributed by atoms with Crippen LogP contribution in [0.3, 0.4) is 0 Å². The van der Waals surface area contributed by atoms with Gasteiger partial charge in [-0.25, -0.2) is 4.79 Å². The Balaban J connectivity index is 1.34. The van der Waals surface area contributed by atoms with Gasteiger partial charge in [-0.2, -0.15) is 0 Å². The first-order valence-corrected chi connectivity index (χ1v) is 11.5. The van der Waals surface area contributed by atoms with E-state index in [1.165, 1.54) is 11.2 Å². The molecule has 2 amide bonds. The molecule has 4 rings (SSSR count). The summed E-state index contributed by atoms with van der Waals surface area (Å²) in [6.07, 6.45) is 0.927. The van der Waals surface area contributed by atoms with Gasteiger partial charge in [0.1, 0.15) is 24.1 Å². The van der Waals surface area contributed by atoms with E-state index in [1.54, 1.807) is 6.92 Å². The van der Waals surface area contributed by atoms with E-state index in [0.717, 1.165) is 22.3 Å². The maximum absolute atomic E-state index is 12.8. The highest BCUT2D eigenvalue weighted by Crippen LogP contribution is 2.44. The number of alkyl carbamates (subject to hydrolysis) is 1. The van der Waals surface area contributed by atoms with Crippen LogP contribution in [0, 0.1) is 0 Å². The number of hydrogen-bond acceptors (Lipinski definition) is 6. The van der Waals surface area contributed by atoms with Gasteiger partial charge in [0.15, 0.2) is 0 Å². The third-order valence-corrected chi connectivity index (χ3v) is 6.11. The molecule has 0 aliphatic heterocycles. The molecule has 0 saturated carbocycles. The lowest BCUT2D eigenvalue weighted by Crippen LogP contribution is -2.33. The minimum atomic E-state index is -0.911. The summed E-state index contributed by atoms with van der Waals surface area (Å²) >= 11 is 0. The minimum Gasteiger partial charge on any atom is -0.481 e. The Labute approximate surface area is 202 Å². The largest absolute Gasteiger partial charge is 0.481 e. The Morgan fingerprint density at radius 2 is 1.74 bits per heavy atom. The van der Waals surface area contributed by atoms with Crippen LogP contribution in [-0.2, 0) is 16.1 Å². The Morgan fingerprint density at radius 3 is 2.37 bits per heavy atom. The summed E-state index contributed by atoms with van der Waals surface area (Å²) in [5.74, 6) is -1.30. The van der Waals surface area contributed by atoms with Gasteiger partial charge in [0.25, 0.3) is 5.91 Å². The molecule has 0 bridgehead atoms. The molecule has 9 heteroatoms. The summed E-state index contributed by atoms with van der Waals surface area (Å²) < 4.78 is 10.5. The molecule has 0 unspecified atom stereocenters. The summed E-state index contributed by atoms with van der Waals surface area (Å²) in [5, 5.41) is 15.3. The Morgan fingerprint density at radius 1 is 1.09 bits per heavy atom. The number of nitrogens with one attached hydrogen (secondary N) is 1. The van der Waals surface area contributed by atoms with E-state index in [0.29, 0.717) is 19.5 Å². The standard InChI is InChI=1S/C26H27N3O6/c1-2-29(13-7-12-24(30)31)25(32)22-16-35-28-23(22)14-27-26(33)34-15-21-19-10-5-3-8-17(19)18-9-4-6-11-20(18)21/h3-6,8-11,16,21H,2,7,12-15H2,1H3,(H,27,33)(H,30,31). The van der Waals surface area contributed by atoms with Crippen LogP contribution in [0.1, 0.15) is 52.9 Å². The summed E-state index contributed by atoms with van der Waals surface area (Å²) in [7, 11) is 0. The Hall–Kier alpha value is -4.14. The number of hydrogen-bond donors (Lipinski definition) is 2. The molecule has 182 valence electrons. The molecule has 2 N–H and O–H groups in total. The zero-order valence-electron chi connectivity index (χ0n) is 19.4. The second-order valence-corrected chi connectivity index (χ2v) is 8.24. The van der Waals surface area contributed by atoms with Gasteiger partial charge in [-0.3, -0.25) is 9.59 Å². The van der Waals surface area contributed by atoms with E-state index >= 15 is 0 Å². The minimum absolute atomic E-state index is 0.0242. The SMILES string of the molecule is CCN(CCCC(=O)O)C(=O)c1conc1CNC(=O)OCC1c2ccccc2-c2ccccc21. The van der Waals surface area contributed by atoms with Crippen molar-refractivity contribution in [3.63, 3.8) is 0 Å². The second-order valence-electron chi connectivity index (χ2n) is 8.24. The number of fused-ring (bicyclic) bond motifs is 3. The van der Waals surface area contributed by atoms with Gasteiger partial charge in [-0.05, 0) is 35.6 Å². The quantitative estimate of drug-likeness (QED) is 0.452. The summed E-state index contributed by atoms with van der Waals surface area (Å²) in [6, 6.07) is 16.2.